The molecule has 0 bridgehead atoms. The van der Waals surface area contributed by atoms with Crippen molar-refractivity contribution in [1.82, 2.24) is 0 Å². The Hall–Kier alpha value is 0.170. The number of alkyl halides is 3. The summed E-state index contributed by atoms with van der Waals surface area (Å²) in [4.78, 5) is 0. The monoisotopic (exact) mass is 276 g/mol. The molecule has 2 nitrogen and oxygen atoms in total. The van der Waals surface area contributed by atoms with Crippen molar-refractivity contribution < 1.29 is 21.6 Å². The third kappa shape index (κ3) is 4.21. The van der Waals surface area contributed by atoms with Crippen LogP contribution in [-0.4, -0.2) is 20.1 Å². The highest BCUT2D eigenvalue weighted by Gasteiger charge is 2.44. The maximum atomic E-state index is 12.0. The van der Waals surface area contributed by atoms with Crippen LogP contribution < -0.4 is 0 Å². The first-order valence-corrected chi connectivity index (χ1v) is 8.80. The van der Waals surface area contributed by atoms with Crippen molar-refractivity contribution in [3.63, 3.8) is 0 Å². The van der Waals surface area contributed by atoms with E-state index in [2.05, 4.69) is 0 Å². The molecule has 0 spiro atoms. The Morgan fingerprint density at radius 1 is 1.12 bits per heavy atom. The van der Waals surface area contributed by atoms with Crippen LogP contribution in [-0.2, 0) is 9.46 Å². The molecule has 0 aromatic heterocycles. The topological polar surface area (TPSA) is 34.1 Å². The van der Waals surface area contributed by atoms with Gasteiger partial charge in [-0.2, -0.15) is 13.2 Å². The molecule has 1 aliphatic carbocycles. The predicted molar refractivity (Wildman–Crippen MR) is 59.3 cm³/mol. The average Bonchev–Trinajstić information content (AvgIpc) is 2.17. The molecule has 1 rings (SSSR count). The molecule has 0 amide bonds. The summed E-state index contributed by atoms with van der Waals surface area (Å²) in [5, 5.41) is 0. The van der Waals surface area contributed by atoms with Crippen LogP contribution in [0.4, 0.5) is 13.2 Å². The smallest absolute Gasteiger partial charge is 0.216 e. The third-order valence-corrected chi connectivity index (χ3v) is 6.80. The normalized spacial score (nSPS) is 20.7. The third-order valence-electron chi connectivity index (χ3n) is 2.87. The lowest BCUT2D eigenvalue weighted by molar-refractivity contribution is -0.0411. The van der Waals surface area contributed by atoms with Crippen molar-refractivity contribution in [3.8, 4) is 0 Å². The molecule has 1 fully saturated rings. The minimum Gasteiger partial charge on any atom is -0.216 e. The second-order valence-electron chi connectivity index (χ2n) is 4.14. The Bertz CT molecular complexity index is 307. The van der Waals surface area contributed by atoms with Crippen molar-refractivity contribution in [2.75, 3.05) is 6.16 Å². The van der Waals surface area contributed by atoms with Gasteiger partial charge in [0.2, 0.25) is 0 Å². The van der Waals surface area contributed by atoms with Gasteiger partial charge in [-0.15, -0.1) is 0 Å². The Labute approximate surface area is 95.4 Å². The van der Waals surface area contributed by atoms with Crippen molar-refractivity contribution in [3.05, 3.63) is 0 Å². The molecule has 1 unspecified atom stereocenters. The van der Waals surface area contributed by atoms with Crippen LogP contribution in [0.1, 0.15) is 38.5 Å². The lowest BCUT2D eigenvalue weighted by atomic mass is 9.88. The standard InChI is InChI=1S/C9H16F3O2PS/c10-9(11,12)16(13,14)15-7-6-8-4-2-1-3-5-8/h8,15H,1-7H2. The summed E-state index contributed by atoms with van der Waals surface area (Å²) in [6.07, 6.45) is 6.30. The van der Waals surface area contributed by atoms with E-state index in [4.69, 9.17) is 0 Å². The molecule has 0 N–H and O–H groups in total. The molecule has 0 heterocycles. The van der Waals surface area contributed by atoms with Crippen molar-refractivity contribution in [2.45, 2.75) is 44.0 Å². The molecule has 96 valence electrons. The Morgan fingerprint density at radius 3 is 2.19 bits per heavy atom. The highest BCUT2D eigenvalue weighted by Crippen LogP contribution is 2.38. The van der Waals surface area contributed by atoms with Crippen molar-refractivity contribution >= 4 is 17.2 Å². The molecule has 1 saturated carbocycles. The minimum atomic E-state index is -5.07. The van der Waals surface area contributed by atoms with Gasteiger partial charge in [0.15, 0.2) is 0 Å². The maximum Gasteiger partial charge on any atom is 0.500 e. The molecular weight excluding hydrogens is 260 g/mol. The molecule has 7 heteroatoms. The van der Waals surface area contributed by atoms with Crippen molar-refractivity contribution in [2.24, 2.45) is 5.92 Å². The molecule has 0 aromatic carbocycles. The van der Waals surface area contributed by atoms with Gasteiger partial charge < -0.3 is 0 Å². The molecule has 1 atom stereocenters. The van der Waals surface area contributed by atoms with Gasteiger partial charge in [-0.05, 0) is 18.5 Å². The zero-order chi connectivity index (χ0) is 12.2. The van der Waals surface area contributed by atoms with Crippen LogP contribution in [0.15, 0.2) is 0 Å². The van der Waals surface area contributed by atoms with Crippen LogP contribution in [0.3, 0.4) is 0 Å². The highest BCUT2D eigenvalue weighted by molar-refractivity contribution is 8.44. The van der Waals surface area contributed by atoms with Gasteiger partial charge in [0.1, 0.15) is 0 Å². The summed E-state index contributed by atoms with van der Waals surface area (Å²) in [7, 11) is -5.89. The predicted octanol–water partition coefficient (Wildman–Crippen LogP) is 3.48. The summed E-state index contributed by atoms with van der Waals surface area (Å²) in [5.74, 6) is 0.435. The summed E-state index contributed by atoms with van der Waals surface area (Å²) < 4.78 is 57.6. The molecule has 1 aliphatic rings. The quantitative estimate of drug-likeness (QED) is 0.737. The van der Waals surface area contributed by atoms with E-state index < -0.39 is 22.7 Å². The van der Waals surface area contributed by atoms with Crippen LogP contribution >= 0.6 is 7.78 Å². The van der Waals surface area contributed by atoms with E-state index in [0.29, 0.717) is 12.3 Å². The Kier molecular flexibility index (Phi) is 5.05. The van der Waals surface area contributed by atoms with Crippen LogP contribution in [0, 0.1) is 5.92 Å². The fourth-order valence-electron chi connectivity index (χ4n) is 1.96. The molecular formula is C9H16F3O2PS. The van der Waals surface area contributed by atoms with E-state index >= 15 is 0 Å². The van der Waals surface area contributed by atoms with E-state index in [1.54, 1.807) is 0 Å². The Morgan fingerprint density at radius 2 is 1.69 bits per heavy atom. The average molecular weight is 276 g/mol. The highest BCUT2D eigenvalue weighted by atomic mass is 32.8. The van der Waals surface area contributed by atoms with E-state index in [-0.39, 0.29) is 6.16 Å². The fourth-order valence-corrected chi connectivity index (χ4v) is 4.56. The summed E-state index contributed by atoms with van der Waals surface area (Å²) in [5.41, 5.74) is -5.07. The number of rotatable bonds is 4. The SMILES string of the molecule is O=S(=O)(PCCC1CCCCC1)C(F)(F)F. The molecule has 0 radical (unpaired) electrons. The van der Waals surface area contributed by atoms with E-state index in [9.17, 15) is 21.6 Å². The summed E-state index contributed by atoms with van der Waals surface area (Å²) in [6.45, 7) is 0. The second kappa shape index (κ2) is 5.67. The van der Waals surface area contributed by atoms with Gasteiger partial charge in [0.25, 0.3) is 9.46 Å². The zero-order valence-electron chi connectivity index (χ0n) is 8.89. The second-order valence-corrected chi connectivity index (χ2v) is 8.87. The first-order valence-electron chi connectivity index (χ1n) is 5.39. The molecule has 0 aromatic rings. The first-order chi connectivity index (χ1) is 7.33. The summed E-state index contributed by atoms with van der Waals surface area (Å²) >= 11 is 0. The van der Waals surface area contributed by atoms with E-state index in [1.807, 2.05) is 0 Å². The van der Waals surface area contributed by atoms with E-state index in [0.717, 1.165) is 25.7 Å². The minimum absolute atomic E-state index is 0.159. The lowest BCUT2D eigenvalue weighted by Gasteiger charge is -2.21. The Balaban J connectivity index is 2.29. The van der Waals surface area contributed by atoms with Gasteiger partial charge in [0, 0.05) is 7.78 Å². The molecule has 0 saturated heterocycles. The van der Waals surface area contributed by atoms with Gasteiger partial charge in [-0.3, -0.25) is 0 Å². The number of hydrogen-bond acceptors (Lipinski definition) is 2. The zero-order valence-corrected chi connectivity index (χ0v) is 10.7. The van der Waals surface area contributed by atoms with Gasteiger partial charge in [-0.1, -0.05) is 32.1 Å². The van der Waals surface area contributed by atoms with Gasteiger partial charge in [-0.25, -0.2) is 8.42 Å². The number of halogens is 3. The van der Waals surface area contributed by atoms with E-state index in [1.165, 1.54) is 6.42 Å². The van der Waals surface area contributed by atoms with Crippen molar-refractivity contribution in [1.29, 1.82) is 0 Å². The summed E-state index contributed by atoms with van der Waals surface area (Å²) in [6, 6.07) is 0. The van der Waals surface area contributed by atoms with Crippen LogP contribution in [0.2, 0.25) is 0 Å². The first kappa shape index (κ1) is 14.2. The van der Waals surface area contributed by atoms with Crippen LogP contribution in [0.5, 0.6) is 0 Å². The van der Waals surface area contributed by atoms with Crippen LogP contribution in [0.25, 0.3) is 0 Å². The lowest BCUT2D eigenvalue weighted by Crippen LogP contribution is -2.19. The maximum absolute atomic E-state index is 12.0. The van der Waals surface area contributed by atoms with Gasteiger partial charge in [0.05, 0.1) is 0 Å². The number of hydrogen-bond donors (Lipinski definition) is 0. The van der Waals surface area contributed by atoms with Gasteiger partial charge >= 0.3 is 5.51 Å². The fraction of sp³-hybridized carbons (Fsp3) is 1.00. The largest absolute Gasteiger partial charge is 0.500 e. The molecule has 16 heavy (non-hydrogen) atoms. The molecule has 0 aliphatic heterocycles.